The molecule has 0 radical (unpaired) electrons. The number of hydrogen-bond acceptors (Lipinski definition) is 7. The van der Waals surface area contributed by atoms with Gasteiger partial charge >= 0.3 is 5.88 Å². The van der Waals surface area contributed by atoms with Gasteiger partial charge in [0.05, 0.1) is 17.2 Å². The molecule has 0 bridgehead atoms. The van der Waals surface area contributed by atoms with Crippen LogP contribution in [0.5, 0.6) is 0 Å². The minimum atomic E-state index is -4.21. The van der Waals surface area contributed by atoms with Crippen molar-refractivity contribution in [1.29, 1.82) is 0 Å². The van der Waals surface area contributed by atoms with E-state index < -0.39 is 31.3 Å². The fraction of sp³-hybridized carbons (Fsp3) is 0. The lowest BCUT2D eigenvalue weighted by Gasteiger charge is -2.07. The molecule has 2 heterocycles. The number of carbonyl (C=O) groups is 1. The number of rotatable bonds is 6. The Morgan fingerprint density at radius 2 is 1.77 bits per heavy atom. The molecule has 0 aliphatic carbocycles. The largest absolute Gasteiger partial charge is 0.461 e. The number of allylic oxidation sites excluding steroid dienone is 1. The van der Waals surface area contributed by atoms with Crippen LogP contribution >= 0.6 is 0 Å². The Hall–Kier alpha value is -3.46. The first kappa shape index (κ1) is 17.4. The fourth-order valence-electron chi connectivity index (χ4n) is 2.17. The third-order valence-electron chi connectivity index (χ3n) is 3.38. The third kappa shape index (κ3) is 3.33. The van der Waals surface area contributed by atoms with Crippen LogP contribution in [0.25, 0.3) is 6.08 Å². The van der Waals surface area contributed by atoms with Gasteiger partial charge in [0.15, 0.2) is 5.76 Å². The van der Waals surface area contributed by atoms with Crippen LogP contribution in [0.15, 0.2) is 79.5 Å². The van der Waals surface area contributed by atoms with Crippen LogP contribution in [0.4, 0.5) is 5.88 Å². The molecule has 0 fully saturated rings. The monoisotopic (exact) mass is 373 g/mol. The lowest BCUT2D eigenvalue weighted by molar-refractivity contribution is -0.402. The summed E-state index contributed by atoms with van der Waals surface area (Å²) in [6.07, 6.45) is 2.18. The highest BCUT2D eigenvalue weighted by atomic mass is 32.2. The molecule has 0 amide bonds. The molecule has 9 heteroatoms. The van der Waals surface area contributed by atoms with Crippen LogP contribution in [-0.2, 0) is 9.84 Å². The molecule has 1 aromatic carbocycles. The molecule has 26 heavy (non-hydrogen) atoms. The van der Waals surface area contributed by atoms with E-state index in [-0.39, 0.29) is 16.4 Å². The zero-order valence-electron chi connectivity index (χ0n) is 13.1. The zero-order valence-corrected chi connectivity index (χ0v) is 13.9. The number of nitrogens with zero attached hydrogens (tertiary/aromatic N) is 1. The first-order valence-electron chi connectivity index (χ1n) is 7.24. The summed E-state index contributed by atoms with van der Waals surface area (Å²) < 4.78 is 35.8. The van der Waals surface area contributed by atoms with Gasteiger partial charge in [-0.3, -0.25) is 14.9 Å². The van der Waals surface area contributed by atoms with Gasteiger partial charge in [-0.25, -0.2) is 8.42 Å². The standard InChI is InChI=1S/C17H11NO7S/c19-17(14-7-4-10-24-14)15(11-12-8-9-16(25-12)18(20)21)26(22,23)13-5-2-1-3-6-13/h1-11H. The number of benzene rings is 1. The van der Waals surface area contributed by atoms with Crippen LogP contribution in [0.2, 0.25) is 0 Å². The first-order chi connectivity index (χ1) is 12.4. The van der Waals surface area contributed by atoms with Crippen LogP contribution in [0.1, 0.15) is 16.3 Å². The third-order valence-corrected chi connectivity index (χ3v) is 5.15. The maximum absolute atomic E-state index is 12.9. The highest BCUT2D eigenvalue weighted by Gasteiger charge is 2.30. The lowest BCUT2D eigenvalue weighted by Crippen LogP contribution is -2.14. The summed E-state index contributed by atoms with van der Waals surface area (Å²) in [6, 6.07) is 12.4. The maximum Gasteiger partial charge on any atom is 0.433 e. The number of nitro groups is 1. The van der Waals surface area contributed by atoms with E-state index in [2.05, 4.69) is 0 Å². The predicted octanol–water partition coefficient (Wildman–Crippen LogP) is 3.48. The zero-order chi connectivity index (χ0) is 18.7. The predicted molar refractivity (Wildman–Crippen MR) is 90.0 cm³/mol. The molecule has 0 atom stereocenters. The number of ketones is 1. The molecule has 0 N–H and O–H groups in total. The van der Waals surface area contributed by atoms with E-state index in [1.807, 2.05) is 0 Å². The van der Waals surface area contributed by atoms with Crippen molar-refractivity contribution in [2.24, 2.45) is 0 Å². The highest BCUT2D eigenvalue weighted by molar-refractivity contribution is 7.96. The van der Waals surface area contributed by atoms with E-state index in [0.29, 0.717) is 0 Å². The lowest BCUT2D eigenvalue weighted by atomic mass is 10.2. The van der Waals surface area contributed by atoms with E-state index in [1.165, 1.54) is 48.7 Å². The summed E-state index contributed by atoms with van der Waals surface area (Å²) in [5, 5.41) is 10.7. The molecule has 8 nitrogen and oxygen atoms in total. The molecule has 2 aromatic heterocycles. The second kappa shape index (κ2) is 6.81. The molecule has 3 rings (SSSR count). The summed E-state index contributed by atoms with van der Waals surface area (Å²) in [7, 11) is -4.21. The SMILES string of the molecule is O=C(C(=Cc1ccc([N+](=O)[O-])o1)S(=O)(=O)c1ccccc1)c1ccco1. The van der Waals surface area contributed by atoms with Crippen molar-refractivity contribution >= 4 is 27.6 Å². The summed E-state index contributed by atoms with van der Waals surface area (Å²) in [6.45, 7) is 0. The van der Waals surface area contributed by atoms with E-state index >= 15 is 0 Å². The molecular weight excluding hydrogens is 362 g/mol. The van der Waals surface area contributed by atoms with Crippen molar-refractivity contribution in [2.45, 2.75) is 4.90 Å². The quantitative estimate of drug-likeness (QED) is 0.281. The van der Waals surface area contributed by atoms with Crippen molar-refractivity contribution in [1.82, 2.24) is 0 Å². The number of hydrogen-bond donors (Lipinski definition) is 0. The van der Waals surface area contributed by atoms with Gasteiger partial charge in [0.2, 0.25) is 15.6 Å². The highest BCUT2D eigenvalue weighted by Crippen LogP contribution is 2.27. The summed E-state index contributed by atoms with van der Waals surface area (Å²) >= 11 is 0. The van der Waals surface area contributed by atoms with Gasteiger partial charge in [0.1, 0.15) is 15.6 Å². The fourth-order valence-corrected chi connectivity index (χ4v) is 3.55. The Kier molecular flexibility index (Phi) is 4.55. The van der Waals surface area contributed by atoms with Crippen molar-refractivity contribution in [3.05, 3.63) is 87.4 Å². The van der Waals surface area contributed by atoms with Crippen LogP contribution in [0, 0.1) is 10.1 Å². The smallest absolute Gasteiger partial charge is 0.433 e. The first-order valence-corrected chi connectivity index (χ1v) is 8.72. The minimum absolute atomic E-state index is 0.104. The van der Waals surface area contributed by atoms with E-state index in [0.717, 1.165) is 12.1 Å². The summed E-state index contributed by atoms with van der Waals surface area (Å²) in [5.74, 6) is -1.79. The second-order valence-corrected chi connectivity index (χ2v) is 6.98. The number of carbonyl (C=O) groups excluding carboxylic acids is 1. The van der Waals surface area contributed by atoms with Crippen molar-refractivity contribution in [3.8, 4) is 0 Å². The molecule has 0 aliphatic heterocycles. The second-order valence-electron chi connectivity index (χ2n) is 5.06. The van der Waals surface area contributed by atoms with Gasteiger partial charge < -0.3 is 8.83 Å². The maximum atomic E-state index is 12.9. The Morgan fingerprint density at radius 1 is 1.04 bits per heavy atom. The topological polar surface area (TPSA) is 121 Å². The van der Waals surface area contributed by atoms with Crippen LogP contribution in [0.3, 0.4) is 0 Å². The summed E-state index contributed by atoms with van der Waals surface area (Å²) in [4.78, 5) is 21.9. The molecular formula is C17H11NO7S. The van der Waals surface area contributed by atoms with Gasteiger partial charge in [-0.15, -0.1) is 0 Å². The molecule has 0 saturated carbocycles. The number of sulfone groups is 1. The van der Waals surface area contributed by atoms with Gasteiger partial charge in [-0.1, -0.05) is 18.2 Å². The minimum Gasteiger partial charge on any atom is -0.461 e. The van der Waals surface area contributed by atoms with Crippen molar-refractivity contribution in [3.63, 3.8) is 0 Å². The Balaban J connectivity index is 2.15. The Bertz CT molecular complexity index is 1080. The molecule has 0 saturated heterocycles. The number of furan rings is 2. The van der Waals surface area contributed by atoms with E-state index in [9.17, 15) is 23.3 Å². The van der Waals surface area contributed by atoms with Crippen LogP contribution < -0.4 is 0 Å². The Morgan fingerprint density at radius 3 is 2.35 bits per heavy atom. The normalized spacial score (nSPS) is 12.1. The van der Waals surface area contributed by atoms with E-state index in [4.69, 9.17) is 8.83 Å². The van der Waals surface area contributed by atoms with Gasteiger partial charge in [-0.2, -0.15) is 0 Å². The van der Waals surface area contributed by atoms with Crippen molar-refractivity contribution in [2.75, 3.05) is 0 Å². The van der Waals surface area contributed by atoms with E-state index in [1.54, 1.807) is 6.07 Å². The average Bonchev–Trinajstić information content (AvgIpc) is 3.31. The van der Waals surface area contributed by atoms with Crippen molar-refractivity contribution < 1.29 is 27.0 Å². The van der Waals surface area contributed by atoms with Gasteiger partial charge in [0, 0.05) is 6.08 Å². The molecule has 0 aliphatic rings. The molecule has 0 spiro atoms. The molecule has 0 unspecified atom stereocenters. The van der Waals surface area contributed by atoms with Gasteiger partial charge in [-0.05, 0) is 30.3 Å². The number of Topliss-reactive ketones (excluding diaryl/α,β-unsaturated/α-hetero) is 1. The molecule has 132 valence electrons. The Labute approximate surface area is 147 Å². The van der Waals surface area contributed by atoms with Gasteiger partial charge in [0.25, 0.3) is 0 Å². The molecule has 3 aromatic rings. The summed E-state index contributed by atoms with van der Waals surface area (Å²) in [5.41, 5.74) is 0. The average molecular weight is 373 g/mol. The van der Waals surface area contributed by atoms with Crippen LogP contribution in [-0.4, -0.2) is 19.1 Å².